The lowest BCUT2D eigenvalue weighted by Gasteiger charge is -2.12. The van der Waals surface area contributed by atoms with Gasteiger partial charge in [0, 0.05) is 29.7 Å². The molecular weight excluding hydrogens is 336 g/mol. The van der Waals surface area contributed by atoms with Crippen molar-refractivity contribution in [2.45, 2.75) is 12.6 Å². The topological polar surface area (TPSA) is 75.4 Å². The van der Waals surface area contributed by atoms with Gasteiger partial charge in [-0.15, -0.1) is 0 Å². The van der Waals surface area contributed by atoms with Gasteiger partial charge in [0.15, 0.2) is 0 Å². The molecule has 0 aliphatic carbocycles. The van der Waals surface area contributed by atoms with Crippen molar-refractivity contribution in [1.29, 1.82) is 0 Å². The third kappa shape index (κ3) is 4.35. The second-order valence-electron chi connectivity index (χ2n) is 4.59. The maximum Gasteiger partial charge on any atom is 0.269 e. The quantitative estimate of drug-likeness (QED) is 0.619. The number of nitro benzene ring substituents is 1. The van der Waals surface area contributed by atoms with Gasteiger partial charge >= 0.3 is 0 Å². The molecule has 0 radical (unpaired) electrons. The van der Waals surface area contributed by atoms with Crippen molar-refractivity contribution in [1.82, 2.24) is 5.32 Å². The number of nitro groups is 1. The maximum atomic E-state index is 10.6. The van der Waals surface area contributed by atoms with E-state index in [1.165, 1.54) is 12.1 Å². The average molecular weight is 351 g/mol. The molecule has 5 nitrogen and oxygen atoms in total. The summed E-state index contributed by atoms with van der Waals surface area (Å²) in [6.45, 7) is 1.00. The first-order chi connectivity index (χ1) is 10.1. The van der Waals surface area contributed by atoms with Crippen molar-refractivity contribution >= 4 is 21.6 Å². The van der Waals surface area contributed by atoms with Crippen LogP contribution in [-0.4, -0.2) is 16.6 Å². The fourth-order valence-electron chi connectivity index (χ4n) is 1.92. The largest absolute Gasteiger partial charge is 0.387 e. The van der Waals surface area contributed by atoms with Crippen LogP contribution in [0.2, 0.25) is 0 Å². The maximum absolute atomic E-state index is 10.6. The predicted molar refractivity (Wildman–Crippen MR) is 83.9 cm³/mol. The minimum atomic E-state index is -0.701. The highest BCUT2D eigenvalue weighted by atomic mass is 79.9. The third-order valence-electron chi connectivity index (χ3n) is 3.10. The summed E-state index contributed by atoms with van der Waals surface area (Å²) in [5.41, 5.74) is 1.78. The van der Waals surface area contributed by atoms with Crippen molar-refractivity contribution < 1.29 is 10.0 Å². The van der Waals surface area contributed by atoms with Crippen molar-refractivity contribution in [3.05, 3.63) is 74.2 Å². The van der Waals surface area contributed by atoms with E-state index in [2.05, 4.69) is 21.2 Å². The number of nitrogens with one attached hydrogen (secondary N) is 1. The van der Waals surface area contributed by atoms with Crippen LogP contribution in [0.4, 0.5) is 5.69 Å². The first kappa shape index (κ1) is 15.6. The minimum Gasteiger partial charge on any atom is -0.387 e. The van der Waals surface area contributed by atoms with Gasteiger partial charge in [0.1, 0.15) is 0 Å². The summed E-state index contributed by atoms with van der Waals surface area (Å²) in [4.78, 5) is 10.1. The van der Waals surface area contributed by atoms with Crippen LogP contribution in [0.25, 0.3) is 0 Å². The number of aliphatic hydroxyl groups excluding tert-OH is 1. The lowest BCUT2D eigenvalue weighted by atomic mass is 10.1. The molecule has 110 valence electrons. The molecule has 0 heterocycles. The molecule has 1 atom stereocenters. The number of nitrogens with zero attached hydrogens (tertiary/aromatic N) is 1. The fourth-order valence-corrected chi connectivity index (χ4v) is 2.35. The molecule has 0 saturated heterocycles. The molecule has 2 rings (SSSR count). The van der Waals surface area contributed by atoms with E-state index in [4.69, 9.17) is 0 Å². The normalized spacial score (nSPS) is 12.1. The molecule has 2 N–H and O–H groups in total. The van der Waals surface area contributed by atoms with E-state index < -0.39 is 11.0 Å². The van der Waals surface area contributed by atoms with Crippen LogP contribution < -0.4 is 5.32 Å². The van der Waals surface area contributed by atoms with Gasteiger partial charge in [-0.25, -0.2) is 0 Å². The molecule has 0 aliphatic rings. The summed E-state index contributed by atoms with van der Waals surface area (Å²) in [7, 11) is 0. The summed E-state index contributed by atoms with van der Waals surface area (Å²) < 4.78 is 1.02. The molecular formula is C15H15BrN2O3. The highest BCUT2D eigenvalue weighted by molar-refractivity contribution is 9.10. The van der Waals surface area contributed by atoms with Crippen molar-refractivity contribution in [3.8, 4) is 0 Å². The Hall–Kier alpha value is -1.76. The van der Waals surface area contributed by atoms with Gasteiger partial charge in [-0.05, 0) is 29.3 Å². The highest BCUT2D eigenvalue weighted by Crippen LogP contribution is 2.18. The average Bonchev–Trinajstić information content (AvgIpc) is 2.49. The Labute approximate surface area is 130 Å². The Kier molecular flexibility index (Phi) is 5.44. The number of benzene rings is 2. The molecule has 0 aromatic heterocycles. The SMILES string of the molecule is O=[N+]([O-])c1ccc(C(O)CNCc2ccccc2Br)cc1. The second-order valence-corrected chi connectivity index (χ2v) is 5.44. The zero-order valence-electron chi connectivity index (χ0n) is 11.2. The van der Waals surface area contributed by atoms with E-state index >= 15 is 0 Å². The van der Waals surface area contributed by atoms with Crippen LogP contribution in [0.5, 0.6) is 0 Å². The van der Waals surface area contributed by atoms with Crippen LogP contribution in [0.1, 0.15) is 17.2 Å². The Balaban J connectivity index is 1.88. The van der Waals surface area contributed by atoms with E-state index in [9.17, 15) is 15.2 Å². The van der Waals surface area contributed by atoms with E-state index in [0.29, 0.717) is 18.7 Å². The standard InChI is InChI=1S/C15H15BrN2O3/c16-14-4-2-1-3-12(14)9-17-10-15(19)11-5-7-13(8-6-11)18(20)21/h1-8,15,17,19H,9-10H2. The van der Waals surface area contributed by atoms with Gasteiger partial charge in [0.2, 0.25) is 0 Å². The van der Waals surface area contributed by atoms with E-state index in [1.54, 1.807) is 12.1 Å². The summed E-state index contributed by atoms with van der Waals surface area (Å²) in [5, 5.41) is 23.8. The molecule has 2 aromatic carbocycles. The summed E-state index contributed by atoms with van der Waals surface area (Å²) >= 11 is 3.46. The van der Waals surface area contributed by atoms with Gasteiger partial charge in [0.05, 0.1) is 11.0 Å². The lowest BCUT2D eigenvalue weighted by Crippen LogP contribution is -2.21. The molecule has 0 bridgehead atoms. The summed E-state index contributed by atoms with van der Waals surface area (Å²) in [5.74, 6) is 0. The Morgan fingerprint density at radius 2 is 1.86 bits per heavy atom. The number of non-ortho nitro benzene ring substituents is 1. The molecule has 0 amide bonds. The zero-order chi connectivity index (χ0) is 15.2. The number of aliphatic hydroxyl groups is 1. The number of halogens is 1. The predicted octanol–water partition coefficient (Wildman–Crippen LogP) is 3.18. The number of rotatable bonds is 6. The first-order valence-corrected chi connectivity index (χ1v) is 7.24. The monoisotopic (exact) mass is 350 g/mol. The molecule has 6 heteroatoms. The van der Waals surface area contributed by atoms with Crippen LogP contribution in [-0.2, 0) is 6.54 Å². The lowest BCUT2D eigenvalue weighted by molar-refractivity contribution is -0.384. The molecule has 1 unspecified atom stereocenters. The van der Waals surface area contributed by atoms with Crippen LogP contribution in [0, 0.1) is 10.1 Å². The minimum absolute atomic E-state index is 0.0205. The van der Waals surface area contributed by atoms with E-state index in [-0.39, 0.29) is 5.69 Å². The number of hydrogen-bond acceptors (Lipinski definition) is 4. The molecule has 0 aliphatic heterocycles. The zero-order valence-corrected chi connectivity index (χ0v) is 12.8. The van der Waals surface area contributed by atoms with Crippen molar-refractivity contribution in [2.24, 2.45) is 0 Å². The van der Waals surface area contributed by atoms with E-state index in [1.807, 2.05) is 24.3 Å². The molecule has 2 aromatic rings. The van der Waals surface area contributed by atoms with Crippen LogP contribution in [0.3, 0.4) is 0 Å². The second kappa shape index (κ2) is 7.31. The van der Waals surface area contributed by atoms with Crippen molar-refractivity contribution in [2.75, 3.05) is 6.54 Å². The Bertz CT molecular complexity index is 617. The summed E-state index contributed by atoms with van der Waals surface area (Å²) in [6, 6.07) is 13.8. The smallest absolute Gasteiger partial charge is 0.269 e. The molecule has 21 heavy (non-hydrogen) atoms. The first-order valence-electron chi connectivity index (χ1n) is 6.44. The van der Waals surface area contributed by atoms with Gasteiger partial charge < -0.3 is 10.4 Å². The highest BCUT2D eigenvalue weighted by Gasteiger charge is 2.10. The van der Waals surface area contributed by atoms with Gasteiger partial charge in [-0.3, -0.25) is 10.1 Å². The molecule has 0 saturated carbocycles. The van der Waals surface area contributed by atoms with Gasteiger partial charge in [-0.1, -0.05) is 34.1 Å². The molecule has 0 spiro atoms. The van der Waals surface area contributed by atoms with Gasteiger partial charge in [-0.2, -0.15) is 0 Å². The van der Waals surface area contributed by atoms with Crippen LogP contribution in [0.15, 0.2) is 53.0 Å². The Morgan fingerprint density at radius 3 is 2.48 bits per heavy atom. The van der Waals surface area contributed by atoms with Gasteiger partial charge in [0.25, 0.3) is 5.69 Å². The fraction of sp³-hybridized carbons (Fsp3) is 0.200. The summed E-state index contributed by atoms with van der Waals surface area (Å²) in [6.07, 6.45) is -0.701. The number of hydrogen-bond donors (Lipinski definition) is 2. The molecule has 0 fully saturated rings. The van der Waals surface area contributed by atoms with Crippen molar-refractivity contribution in [3.63, 3.8) is 0 Å². The van der Waals surface area contributed by atoms with E-state index in [0.717, 1.165) is 10.0 Å². The van der Waals surface area contributed by atoms with Crippen LogP contribution >= 0.6 is 15.9 Å². The third-order valence-corrected chi connectivity index (χ3v) is 3.87. The Morgan fingerprint density at radius 1 is 1.19 bits per heavy atom.